The van der Waals surface area contributed by atoms with Crippen molar-refractivity contribution >= 4 is 13.7 Å². The molecule has 1 aliphatic rings. The Balaban J connectivity index is 2.62. The summed E-state index contributed by atoms with van der Waals surface area (Å²) in [5, 5.41) is 73.9. The van der Waals surface area contributed by atoms with E-state index in [0.29, 0.717) is 12.8 Å². The fourth-order valence-corrected chi connectivity index (χ4v) is 7.21. The quantitative estimate of drug-likeness (QED) is 0.0376. The van der Waals surface area contributed by atoms with Crippen LogP contribution in [0.5, 0.6) is 0 Å². The molecule has 49 heavy (non-hydrogen) atoms. The molecule has 0 bridgehead atoms. The molecule has 0 spiro atoms. The minimum Gasteiger partial charge on any atom is -0.393 e. The van der Waals surface area contributed by atoms with E-state index in [2.05, 4.69) is 19.2 Å². The van der Waals surface area contributed by atoms with Crippen molar-refractivity contribution in [3.8, 4) is 0 Å². The van der Waals surface area contributed by atoms with Crippen molar-refractivity contribution in [2.45, 2.75) is 210 Å². The Morgan fingerprint density at radius 3 is 1.47 bits per heavy atom. The number of phosphoric acid groups is 1. The minimum atomic E-state index is -5.09. The number of aliphatic hydroxyl groups is 7. The second-order valence-corrected chi connectivity index (χ2v) is 15.4. The fraction of sp³-hybridized carbons (Fsp3) is 0.971. The second-order valence-electron chi connectivity index (χ2n) is 14.0. The predicted octanol–water partition coefficient (Wildman–Crippen LogP) is 4.14. The molecular formula is C35H70NO12P. The van der Waals surface area contributed by atoms with Crippen molar-refractivity contribution in [1.82, 2.24) is 5.32 Å². The second kappa shape index (κ2) is 27.0. The van der Waals surface area contributed by atoms with Gasteiger partial charge in [-0.2, -0.15) is 0 Å². The van der Waals surface area contributed by atoms with Gasteiger partial charge in [0.15, 0.2) is 0 Å². The van der Waals surface area contributed by atoms with Gasteiger partial charge in [-0.3, -0.25) is 13.8 Å². The van der Waals surface area contributed by atoms with E-state index in [1.165, 1.54) is 64.2 Å². The fourth-order valence-electron chi connectivity index (χ4n) is 6.24. The molecule has 13 nitrogen and oxygen atoms in total. The highest BCUT2D eigenvalue weighted by molar-refractivity contribution is 7.47. The van der Waals surface area contributed by atoms with Gasteiger partial charge in [-0.05, 0) is 12.8 Å². The first-order valence-corrected chi connectivity index (χ1v) is 20.6. The molecular weight excluding hydrogens is 657 g/mol. The van der Waals surface area contributed by atoms with Gasteiger partial charge in [0.1, 0.15) is 36.6 Å². The number of carbonyl (C=O) groups is 1. The van der Waals surface area contributed by atoms with Crippen molar-refractivity contribution in [3.05, 3.63) is 0 Å². The summed E-state index contributed by atoms with van der Waals surface area (Å²) in [6, 6.07) is -1.14. The number of nitrogens with one attached hydrogen (secondary N) is 1. The van der Waals surface area contributed by atoms with Gasteiger partial charge < -0.3 is 46.0 Å². The zero-order valence-corrected chi connectivity index (χ0v) is 31.0. The van der Waals surface area contributed by atoms with Crippen LogP contribution in [-0.2, 0) is 18.4 Å². The van der Waals surface area contributed by atoms with Crippen LogP contribution in [0.4, 0.5) is 0 Å². The maximum Gasteiger partial charge on any atom is 0.472 e. The molecule has 0 aromatic rings. The number of hydrogen-bond acceptors (Lipinski definition) is 11. The lowest BCUT2D eigenvalue weighted by atomic mass is 9.85. The third-order valence-corrected chi connectivity index (χ3v) is 10.5. The minimum absolute atomic E-state index is 0.218. The van der Waals surface area contributed by atoms with Crippen LogP contribution in [0.1, 0.15) is 155 Å². The number of aliphatic hydroxyl groups excluding tert-OH is 7. The highest BCUT2D eigenvalue weighted by Crippen LogP contribution is 2.47. The van der Waals surface area contributed by atoms with E-state index in [9.17, 15) is 50.0 Å². The average molecular weight is 728 g/mol. The molecule has 292 valence electrons. The number of rotatable bonds is 30. The lowest BCUT2D eigenvalue weighted by Gasteiger charge is -2.41. The molecule has 1 aliphatic carbocycles. The summed E-state index contributed by atoms with van der Waals surface area (Å²) in [7, 11) is -5.09. The topological polar surface area (TPSA) is 226 Å². The Bertz CT molecular complexity index is 870. The predicted molar refractivity (Wildman–Crippen MR) is 188 cm³/mol. The first-order valence-electron chi connectivity index (χ1n) is 19.1. The maximum absolute atomic E-state index is 12.9. The Kier molecular flexibility index (Phi) is 25.5. The summed E-state index contributed by atoms with van der Waals surface area (Å²) >= 11 is 0. The van der Waals surface area contributed by atoms with Gasteiger partial charge in [0.05, 0.1) is 31.3 Å². The Hall–Kier alpha value is -0.700. The summed E-state index contributed by atoms with van der Waals surface area (Å²) in [6.45, 7) is 3.69. The lowest BCUT2D eigenvalue weighted by Crippen LogP contribution is -2.64. The first kappa shape index (κ1) is 46.3. The number of unbranched alkanes of at least 4 members (excludes halogenated alkanes) is 17. The highest BCUT2D eigenvalue weighted by atomic mass is 31.2. The van der Waals surface area contributed by atoms with Crippen molar-refractivity contribution in [2.75, 3.05) is 6.61 Å². The van der Waals surface area contributed by atoms with Crippen LogP contribution in [0.3, 0.4) is 0 Å². The number of hydrogen-bond donors (Lipinski definition) is 9. The van der Waals surface area contributed by atoms with E-state index in [0.717, 1.165) is 51.4 Å². The molecule has 1 rings (SSSR count). The molecule has 14 heteroatoms. The lowest BCUT2D eigenvalue weighted by molar-refractivity contribution is -0.220. The number of phosphoric ester groups is 1. The van der Waals surface area contributed by atoms with E-state index in [-0.39, 0.29) is 12.8 Å². The van der Waals surface area contributed by atoms with Crippen LogP contribution in [0.15, 0.2) is 0 Å². The van der Waals surface area contributed by atoms with Crippen LogP contribution < -0.4 is 5.32 Å². The molecule has 0 heterocycles. The zero-order chi connectivity index (χ0) is 36.7. The van der Waals surface area contributed by atoms with E-state index >= 15 is 0 Å². The van der Waals surface area contributed by atoms with Gasteiger partial charge in [-0.15, -0.1) is 0 Å². The molecule has 0 aliphatic heterocycles. The van der Waals surface area contributed by atoms with E-state index in [1.54, 1.807) is 0 Å². The van der Waals surface area contributed by atoms with Gasteiger partial charge in [0.2, 0.25) is 5.91 Å². The molecule has 8 atom stereocenters. The standard InChI is InChI=1S/C35H70NO12P/c1-3-5-7-9-11-13-14-15-16-18-20-22-26(37)24-29(39)36-27(28(38)23-21-19-17-12-10-8-6-4-2)25-47-49(45,46)48-35-33(43)31(41)30(40)32(42)34(35)44/h26-28,30-35,37-38,40-44H,3-25H2,1-2H3,(H,36,39)(H,45,46). The van der Waals surface area contributed by atoms with Crippen LogP contribution in [-0.4, -0.2) is 108 Å². The van der Waals surface area contributed by atoms with Crippen molar-refractivity contribution in [3.63, 3.8) is 0 Å². The van der Waals surface area contributed by atoms with E-state index < -0.39 is 75.2 Å². The molecule has 8 unspecified atom stereocenters. The maximum atomic E-state index is 12.9. The third kappa shape index (κ3) is 20.2. The summed E-state index contributed by atoms with van der Waals surface area (Å²) in [4.78, 5) is 23.2. The third-order valence-electron chi connectivity index (χ3n) is 9.47. The van der Waals surface area contributed by atoms with Crippen LogP contribution in [0.25, 0.3) is 0 Å². The zero-order valence-electron chi connectivity index (χ0n) is 30.1. The van der Waals surface area contributed by atoms with E-state index in [1.807, 2.05) is 0 Å². The molecule has 1 saturated carbocycles. The molecule has 1 fully saturated rings. The molecule has 1 amide bonds. The summed E-state index contributed by atoms with van der Waals surface area (Å²) in [5.41, 5.74) is 0. The monoisotopic (exact) mass is 727 g/mol. The van der Waals surface area contributed by atoms with Crippen molar-refractivity contribution in [2.24, 2.45) is 0 Å². The largest absolute Gasteiger partial charge is 0.472 e. The van der Waals surface area contributed by atoms with Crippen molar-refractivity contribution in [1.29, 1.82) is 0 Å². The Labute approximate surface area is 294 Å². The number of amides is 1. The van der Waals surface area contributed by atoms with Gasteiger partial charge >= 0.3 is 7.82 Å². The average Bonchev–Trinajstić information content (AvgIpc) is 3.06. The summed E-state index contributed by atoms with van der Waals surface area (Å²) in [6.07, 6.45) is 7.74. The van der Waals surface area contributed by atoms with Gasteiger partial charge in [0.25, 0.3) is 0 Å². The van der Waals surface area contributed by atoms with E-state index in [4.69, 9.17) is 9.05 Å². The van der Waals surface area contributed by atoms with Crippen molar-refractivity contribution < 1.29 is 59.0 Å². The molecule has 0 aromatic heterocycles. The normalized spacial score (nSPS) is 25.8. The highest BCUT2D eigenvalue weighted by Gasteiger charge is 2.51. The van der Waals surface area contributed by atoms with Gasteiger partial charge in [-0.1, -0.05) is 136 Å². The molecule has 0 radical (unpaired) electrons. The van der Waals surface area contributed by atoms with Crippen LogP contribution >= 0.6 is 7.82 Å². The van der Waals surface area contributed by atoms with Gasteiger partial charge in [0, 0.05) is 0 Å². The molecule has 9 N–H and O–H groups in total. The summed E-state index contributed by atoms with van der Waals surface area (Å²) in [5.74, 6) is -0.564. The van der Waals surface area contributed by atoms with Gasteiger partial charge in [-0.25, -0.2) is 4.57 Å². The first-order chi connectivity index (χ1) is 23.3. The Morgan fingerprint density at radius 1 is 0.633 bits per heavy atom. The van der Waals surface area contributed by atoms with Crippen LogP contribution in [0, 0.1) is 0 Å². The molecule has 0 saturated heterocycles. The summed E-state index contributed by atoms with van der Waals surface area (Å²) < 4.78 is 22.7. The smallest absolute Gasteiger partial charge is 0.393 e. The SMILES string of the molecule is CCCCCCCCCCCCCC(O)CC(=O)NC(COP(=O)(O)OC1C(O)C(O)C(O)C(O)C1O)C(O)CCCCCCCCCC. The Morgan fingerprint density at radius 2 is 1.02 bits per heavy atom. The molecule has 0 aromatic carbocycles. The van der Waals surface area contributed by atoms with Crippen LogP contribution in [0.2, 0.25) is 0 Å². The number of carbonyl (C=O) groups excluding carboxylic acids is 1.